The van der Waals surface area contributed by atoms with Crippen LogP contribution in [0.5, 0.6) is 0 Å². The van der Waals surface area contributed by atoms with Gasteiger partial charge in [0.2, 0.25) is 0 Å². The highest BCUT2D eigenvalue weighted by Crippen LogP contribution is 2.31. The number of quaternary nitrogens is 1. The molecule has 0 aliphatic carbocycles. The van der Waals surface area contributed by atoms with E-state index >= 15 is 0 Å². The lowest BCUT2D eigenvalue weighted by Gasteiger charge is -2.18. The van der Waals surface area contributed by atoms with Gasteiger partial charge in [0.1, 0.15) is 19.1 Å². The molecule has 0 bridgehead atoms. The fourth-order valence-corrected chi connectivity index (χ4v) is 2.90. The summed E-state index contributed by atoms with van der Waals surface area (Å²) in [6, 6.07) is 5.37. The van der Waals surface area contributed by atoms with Crippen molar-refractivity contribution in [2.45, 2.75) is 6.54 Å². The molecule has 1 aromatic heterocycles. The molecule has 114 valence electrons. The van der Waals surface area contributed by atoms with Gasteiger partial charge >= 0.3 is 6.41 Å². The first kappa shape index (κ1) is 14.9. The minimum atomic E-state index is -0.990. The minimum absolute atomic E-state index is 0.135. The SMILES string of the molecule is CN1Cc2c([N+](C)(O)C=O)ncn2-c2ccc(Br)cc2C1=O. The lowest BCUT2D eigenvalue weighted by atomic mass is 10.1. The van der Waals surface area contributed by atoms with Crippen molar-refractivity contribution < 1.29 is 14.8 Å². The summed E-state index contributed by atoms with van der Waals surface area (Å²) in [6.07, 6.45) is 1.90. The number of imidazole rings is 1. The Morgan fingerprint density at radius 1 is 1.45 bits per heavy atom. The molecule has 1 aliphatic heterocycles. The molecule has 1 aliphatic rings. The topological polar surface area (TPSA) is 75.4 Å². The van der Waals surface area contributed by atoms with Crippen LogP contribution in [0.15, 0.2) is 29.0 Å². The second kappa shape index (κ2) is 5.01. The molecule has 0 saturated carbocycles. The summed E-state index contributed by atoms with van der Waals surface area (Å²) in [5.74, 6) is 0.0645. The van der Waals surface area contributed by atoms with Crippen LogP contribution < -0.4 is 4.65 Å². The quantitative estimate of drug-likeness (QED) is 0.380. The van der Waals surface area contributed by atoms with Crippen LogP contribution in [0.3, 0.4) is 0 Å². The second-order valence-corrected chi connectivity index (χ2v) is 6.26. The lowest BCUT2D eigenvalue weighted by Crippen LogP contribution is -2.41. The standard InChI is InChI=1S/C14H14BrN4O3/c1-17-6-12-13(19(2,22)8-20)16-7-18(12)11-4-3-9(15)5-10(11)14(17)21/h3-5,7-8,22H,6H2,1-2H3/q+1. The zero-order valence-electron chi connectivity index (χ0n) is 12.0. The van der Waals surface area contributed by atoms with Gasteiger partial charge < -0.3 is 4.90 Å². The number of fused-ring (bicyclic) bond motifs is 3. The molecule has 0 saturated heterocycles. The van der Waals surface area contributed by atoms with E-state index in [1.807, 2.05) is 6.07 Å². The number of carbonyl (C=O) groups is 2. The Hall–Kier alpha value is -2.03. The van der Waals surface area contributed by atoms with Gasteiger partial charge in [0.25, 0.3) is 11.7 Å². The highest BCUT2D eigenvalue weighted by atomic mass is 79.9. The molecule has 1 atom stereocenters. The van der Waals surface area contributed by atoms with E-state index in [-0.39, 0.29) is 18.3 Å². The van der Waals surface area contributed by atoms with Crippen LogP contribution in [0.2, 0.25) is 0 Å². The van der Waals surface area contributed by atoms with E-state index in [4.69, 9.17) is 0 Å². The Morgan fingerprint density at radius 3 is 2.86 bits per heavy atom. The number of amides is 2. The van der Waals surface area contributed by atoms with Crippen LogP contribution in [0.4, 0.5) is 5.82 Å². The van der Waals surface area contributed by atoms with Crippen molar-refractivity contribution in [3.05, 3.63) is 40.3 Å². The van der Waals surface area contributed by atoms with Crippen molar-refractivity contribution in [3.8, 4) is 5.69 Å². The Kier molecular flexibility index (Phi) is 3.39. The number of carbonyl (C=O) groups excluding carboxylic acids is 2. The fraction of sp³-hybridized carbons (Fsp3) is 0.214. The first-order valence-corrected chi connectivity index (χ1v) is 7.32. The normalized spacial score (nSPS) is 16.5. The number of nitrogens with zero attached hydrogens (tertiary/aromatic N) is 4. The number of rotatable bonds is 2. The van der Waals surface area contributed by atoms with Crippen molar-refractivity contribution in [2.75, 3.05) is 14.1 Å². The predicted octanol–water partition coefficient (Wildman–Crippen LogP) is 1.70. The molecule has 1 aromatic carbocycles. The maximum atomic E-state index is 12.5. The molecular weight excluding hydrogens is 352 g/mol. The van der Waals surface area contributed by atoms with Gasteiger partial charge in [-0.2, -0.15) is 4.98 Å². The first-order chi connectivity index (χ1) is 10.3. The molecule has 7 nitrogen and oxygen atoms in total. The van der Waals surface area contributed by atoms with Crippen molar-refractivity contribution in [1.82, 2.24) is 19.1 Å². The van der Waals surface area contributed by atoms with E-state index in [0.717, 1.165) is 4.47 Å². The number of aromatic nitrogens is 2. The highest BCUT2D eigenvalue weighted by molar-refractivity contribution is 9.10. The Labute approximate surface area is 135 Å². The van der Waals surface area contributed by atoms with E-state index < -0.39 is 4.65 Å². The van der Waals surface area contributed by atoms with Gasteiger partial charge in [-0.3, -0.25) is 9.36 Å². The van der Waals surface area contributed by atoms with Gasteiger partial charge in [-0.1, -0.05) is 20.6 Å². The summed E-state index contributed by atoms with van der Waals surface area (Å²) in [6.45, 7) is 0.239. The van der Waals surface area contributed by atoms with Gasteiger partial charge in [0.15, 0.2) is 0 Å². The number of hydroxylamine groups is 2. The summed E-state index contributed by atoms with van der Waals surface area (Å²) >= 11 is 3.37. The third-order valence-corrected chi connectivity index (χ3v) is 4.15. The van der Waals surface area contributed by atoms with E-state index in [1.165, 1.54) is 18.3 Å². The smallest absolute Gasteiger partial charge is 0.335 e. The van der Waals surface area contributed by atoms with E-state index in [0.29, 0.717) is 23.4 Å². The Balaban J connectivity index is 2.29. The molecular formula is C14H14BrN4O3+. The molecule has 22 heavy (non-hydrogen) atoms. The second-order valence-electron chi connectivity index (χ2n) is 5.34. The molecule has 3 rings (SSSR count). The number of halogens is 1. The fourth-order valence-electron chi connectivity index (χ4n) is 2.54. The van der Waals surface area contributed by atoms with E-state index in [1.54, 1.807) is 23.7 Å². The summed E-state index contributed by atoms with van der Waals surface area (Å²) in [4.78, 5) is 29.3. The van der Waals surface area contributed by atoms with Crippen LogP contribution in [-0.4, -0.2) is 46.1 Å². The van der Waals surface area contributed by atoms with Crippen molar-refractivity contribution in [2.24, 2.45) is 0 Å². The average Bonchev–Trinajstić information content (AvgIpc) is 2.86. The van der Waals surface area contributed by atoms with Gasteiger partial charge in [-0.05, 0) is 18.2 Å². The Morgan fingerprint density at radius 2 is 2.18 bits per heavy atom. The highest BCUT2D eigenvalue weighted by Gasteiger charge is 2.35. The summed E-state index contributed by atoms with van der Waals surface area (Å²) < 4.78 is 1.54. The molecule has 8 heteroatoms. The molecule has 1 N–H and O–H groups in total. The van der Waals surface area contributed by atoms with Crippen LogP contribution >= 0.6 is 15.9 Å². The molecule has 0 spiro atoms. The number of benzene rings is 1. The van der Waals surface area contributed by atoms with Crippen molar-refractivity contribution in [1.29, 1.82) is 0 Å². The summed E-state index contributed by atoms with van der Waals surface area (Å²) in [7, 11) is 2.99. The maximum absolute atomic E-state index is 12.5. The number of hydrogen-bond acceptors (Lipinski definition) is 4. The van der Waals surface area contributed by atoms with Gasteiger partial charge in [0, 0.05) is 11.5 Å². The van der Waals surface area contributed by atoms with Gasteiger partial charge in [-0.25, -0.2) is 10.0 Å². The largest absolute Gasteiger partial charge is 0.339 e. The van der Waals surface area contributed by atoms with Crippen LogP contribution in [0.1, 0.15) is 16.1 Å². The van der Waals surface area contributed by atoms with Crippen LogP contribution in [0.25, 0.3) is 5.69 Å². The number of hydrogen-bond donors (Lipinski definition) is 1. The predicted molar refractivity (Wildman–Crippen MR) is 82.6 cm³/mol. The van der Waals surface area contributed by atoms with Crippen molar-refractivity contribution >= 4 is 34.1 Å². The van der Waals surface area contributed by atoms with Crippen molar-refractivity contribution in [3.63, 3.8) is 0 Å². The average molecular weight is 366 g/mol. The minimum Gasteiger partial charge on any atom is -0.335 e. The lowest BCUT2D eigenvalue weighted by molar-refractivity contribution is -0.141. The summed E-state index contributed by atoms with van der Waals surface area (Å²) in [5.41, 5.74) is 1.78. The summed E-state index contributed by atoms with van der Waals surface area (Å²) in [5, 5.41) is 10.2. The van der Waals surface area contributed by atoms with E-state index in [2.05, 4.69) is 20.9 Å². The maximum Gasteiger partial charge on any atom is 0.339 e. The third-order valence-electron chi connectivity index (χ3n) is 3.66. The van der Waals surface area contributed by atoms with Gasteiger partial charge in [0.05, 0.1) is 17.8 Å². The van der Waals surface area contributed by atoms with Crippen LogP contribution in [0, 0.1) is 0 Å². The monoisotopic (exact) mass is 365 g/mol. The molecule has 2 amide bonds. The third kappa shape index (κ3) is 2.16. The first-order valence-electron chi connectivity index (χ1n) is 6.52. The zero-order chi connectivity index (χ0) is 16.1. The molecule has 0 fully saturated rings. The van der Waals surface area contributed by atoms with E-state index in [9.17, 15) is 14.8 Å². The molecule has 2 heterocycles. The van der Waals surface area contributed by atoms with Gasteiger partial charge in [-0.15, -0.1) is 0 Å². The molecule has 2 aromatic rings. The molecule has 1 unspecified atom stereocenters. The Bertz CT molecular complexity index is 784. The molecule has 0 radical (unpaired) electrons. The van der Waals surface area contributed by atoms with Crippen LogP contribution in [-0.2, 0) is 11.3 Å². The zero-order valence-corrected chi connectivity index (χ0v) is 13.6.